The van der Waals surface area contributed by atoms with Crippen LogP contribution in [-0.4, -0.2) is 35.2 Å². The van der Waals surface area contributed by atoms with Crippen LogP contribution in [-0.2, 0) is 0 Å². The minimum Gasteiger partial charge on any atom is -0.493 e. The molecule has 0 aliphatic carbocycles. The lowest BCUT2D eigenvalue weighted by Crippen LogP contribution is -2.28. The molecule has 0 bridgehead atoms. The number of anilines is 2. The van der Waals surface area contributed by atoms with E-state index in [4.69, 9.17) is 9.47 Å². The molecule has 0 amide bonds. The minimum absolute atomic E-state index is 0.397. The third-order valence-corrected chi connectivity index (χ3v) is 5.64. The summed E-state index contributed by atoms with van der Waals surface area (Å²) >= 11 is 0. The summed E-state index contributed by atoms with van der Waals surface area (Å²) in [6, 6.07) is 15.3. The molecule has 1 unspecified atom stereocenters. The molecule has 1 fully saturated rings. The van der Waals surface area contributed by atoms with E-state index in [1.807, 2.05) is 48.5 Å². The number of hydrogen-bond acceptors (Lipinski definition) is 7. The van der Waals surface area contributed by atoms with E-state index in [9.17, 15) is 0 Å². The van der Waals surface area contributed by atoms with E-state index < -0.39 is 0 Å². The van der Waals surface area contributed by atoms with Crippen molar-refractivity contribution in [3.05, 3.63) is 72.8 Å². The predicted molar refractivity (Wildman–Crippen MR) is 133 cm³/mol. The van der Waals surface area contributed by atoms with Crippen molar-refractivity contribution >= 4 is 22.4 Å². The number of rotatable bonds is 5. The Balaban J connectivity index is 1.40. The molecule has 2 N–H and O–H groups in total. The van der Waals surface area contributed by atoms with E-state index in [1.54, 1.807) is 25.8 Å². The first-order chi connectivity index (χ1) is 16.8. The van der Waals surface area contributed by atoms with Gasteiger partial charge in [0, 0.05) is 41.4 Å². The van der Waals surface area contributed by atoms with Gasteiger partial charge in [0.2, 0.25) is 0 Å². The van der Waals surface area contributed by atoms with Gasteiger partial charge in [-0.05, 0) is 61.9 Å². The highest BCUT2D eigenvalue weighted by atomic mass is 16.5. The van der Waals surface area contributed by atoms with E-state index >= 15 is 0 Å². The Bertz CT molecular complexity index is 1340. The maximum Gasteiger partial charge on any atom is 0.169 e. The van der Waals surface area contributed by atoms with Crippen molar-refractivity contribution in [2.45, 2.75) is 12.8 Å². The summed E-state index contributed by atoms with van der Waals surface area (Å²) in [6.45, 7) is 2.04. The summed E-state index contributed by atoms with van der Waals surface area (Å²) < 4.78 is 11.5. The normalized spacial score (nSPS) is 15.3. The average Bonchev–Trinajstić information content (AvgIpc) is 2.90. The first-order valence-electron chi connectivity index (χ1n) is 11.3. The lowest BCUT2D eigenvalue weighted by Gasteiger charge is -2.17. The van der Waals surface area contributed by atoms with Crippen LogP contribution in [0.2, 0.25) is 0 Å². The van der Waals surface area contributed by atoms with Crippen molar-refractivity contribution in [2.75, 3.05) is 25.5 Å². The monoisotopic (exact) mass is 451 g/mol. The van der Waals surface area contributed by atoms with E-state index in [-0.39, 0.29) is 0 Å². The second-order valence-corrected chi connectivity index (χ2v) is 8.05. The molecule has 0 radical (unpaired) electrons. The van der Waals surface area contributed by atoms with E-state index in [0.29, 0.717) is 29.0 Å². The van der Waals surface area contributed by atoms with E-state index in [2.05, 4.69) is 37.4 Å². The third-order valence-electron chi connectivity index (χ3n) is 5.64. The van der Waals surface area contributed by atoms with E-state index in [1.165, 1.54) is 6.42 Å². The van der Waals surface area contributed by atoms with Crippen LogP contribution in [0.25, 0.3) is 10.9 Å². The number of fused-ring (bicyclic) bond motifs is 1. The number of nitrogens with one attached hydrogen (secondary N) is 2. The van der Waals surface area contributed by atoms with Gasteiger partial charge in [-0.2, -0.15) is 0 Å². The Morgan fingerprint density at radius 2 is 2.06 bits per heavy atom. The fourth-order valence-corrected chi connectivity index (χ4v) is 3.90. The van der Waals surface area contributed by atoms with Gasteiger partial charge in [-0.15, -0.1) is 0 Å². The second kappa shape index (κ2) is 10.2. The Morgan fingerprint density at radius 1 is 1.09 bits per heavy atom. The Hall–Kier alpha value is -4.15. The molecule has 0 spiro atoms. The zero-order chi connectivity index (χ0) is 23.2. The van der Waals surface area contributed by atoms with Crippen molar-refractivity contribution in [2.24, 2.45) is 5.92 Å². The smallest absolute Gasteiger partial charge is 0.169 e. The summed E-state index contributed by atoms with van der Waals surface area (Å²) in [4.78, 5) is 13.0. The molecule has 0 saturated carbocycles. The Kier molecular flexibility index (Phi) is 6.50. The maximum atomic E-state index is 5.91. The number of pyridine rings is 1. The highest BCUT2D eigenvalue weighted by Crippen LogP contribution is 2.35. The van der Waals surface area contributed by atoms with Crippen molar-refractivity contribution in [3.8, 4) is 29.1 Å². The van der Waals surface area contributed by atoms with Gasteiger partial charge in [-0.25, -0.2) is 9.97 Å². The average molecular weight is 452 g/mol. The highest BCUT2D eigenvalue weighted by Gasteiger charge is 2.11. The number of piperidine rings is 1. The molecule has 4 aromatic rings. The fraction of sp³-hybridized carbons (Fsp3) is 0.222. The minimum atomic E-state index is 0.397. The van der Waals surface area contributed by atoms with Gasteiger partial charge in [-0.3, -0.25) is 4.98 Å². The summed E-state index contributed by atoms with van der Waals surface area (Å²) in [7, 11) is 1.61. The van der Waals surface area contributed by atoms with Gasteiger partial charge in [-0.1, -0.05) is 11.8 Å². The summed E-state index contributed by atoms with van der Waals surface area (Å²) in [5, 5.41) is 7.71. The predicted octanol–water partition coefficient (Wildman–Crippen LogP) is 4.92. The van der Waals surface area contributed by atoms with Crippen LogP contribution >= 0.6 is 0 Å². The molecule has 1 aliphatic heterocycles. The SMILES string of the molecule is COc1cc(Nc2ncnc3ccc(C#CC4CCCNC4)cc23)ccc1Oc1cccnc1. The number of aromatic nitrogens is 3. The highest BCUT2D eigenvalue weighted by molar-refractivity contribution is 5.91. The molecule has 3 heterocycles. The first-order valence-corrected chi connectivity index (χ1v) is 11.3. The summed E-state index contributed by atoms with van der Waals surface area (Å²) in [6.07, 6.45) is 7.23. The van der Waals surface area contributed by atoms with Crippen molar-refractivity contribution < 1.29 is 9.47 Å². The molecule has 1 aliphatic rings. The number of benzene rings is 2. The topological polar surface area (TPSA) is 81.2 Å². The van der Waals surface area contributed by atoms with Gasteiger partial charge in [0.1, 0.15) is 17.9 Å². The number of hydrogen-bond donors (Lipinski definition) is 2. The fourth-order valence-electron chi connectivity index (χ4n) is 3.90. The van der Waals surface area contributed by atoms with Gasteiger partial charge >= 0.3 is 0 Å². The molecule has 5 rings (SSSR count). The van der Waals surface area contributed by atoms with Gasteiger partial charge in [0.15, 0.2) is 11.5 Å². The molecule has 170 valence electrons. The molecule has 7 nitrogen and oxygen atoms in total. The van der Waals surface area contributed by atoms with Gasteiger partial charge in [0.05, 0.1) is 18.8 Å². The number of methoxy groups -OCH3 is 1. The molecule has 2 aromatic carbocycles. The molecule has 2 aromatic heterocycles. The lowest BCUT2D eigenvalue weighted by atomic mass is 10.00. The Morgan fingerprint density at radius 3 is 2.88 bits per heavy atom. The van der Waals surface area contributed by atoms with Crippen LogP contribution < -0.4 is 20.1 Å². The van der Waals surface area contributed by atoms with Crippen molar-refractivity contribution in [1.29, 1.82) is 0 Å². The van der Waals surface area contributed by atoms with Crippen LogP contribution in [0.1, 0.15) is 18.4 Å². The summed E-state index contributed by atoms with van der Waals surface area (Å²) in [5.74, 6) is 9.67. The zero-order valence-corrected chi connectivity index (χ0v) is 18.9. The summed E-state index contributed by atoms with van der Waals surface area (Å²) in [5.41, 5.74) is 2.62. The van der Waals surface area contributed by atoms with Gasteiger partial charge in [0.25, 0.3) is 0 Å². The molecule has 1 atom stereocenters. The number of nitrogens with zero attached hydrogens (tertiary/aromatic N) is 3. The van der Waals surface area contributed by atoms with E-state index in [0.717, 1.165) is 41.7 Å². The quantitative estimate of drug-likeness (QED) is 0.417. The largest absolute Gasteiger partial charge is 0.493 e. The molecule has 1 saturated heterocycles. The molecular formula is C27H25N5O2. The second-order valence-electron chi connectivity index (χ2n) is 8.05. The Labute approximate surface area is 198 Å². The first kappa shape index (κ1) is 21.7. The van der Waals surface area contributed by atoms with Crippen LogP contribution in [0.15, 0.2) is 67.3 Å². The molecule has 7 heteroatoms. The van der Waals surface area contributed by atoms with Crippen LogP contribution in [0, 0.1) is 17.8 Å². The molecular weight excluding hydrogens is 426 g/mol. The lowest BCUT2D eigenvalue weighted by molar-refractivity contribution is 0.378. The van der Waals surface area contributed by atoms with Crippen LogP contribution in [0.4, 0.5) is 11.5 Å². The standard InChI is InChI=1S/C27H25N5O2/c1-33-26-15-21(9-11-25(26)34-22-5-3-13-29-17-22)32-27-23-14-19(8-10-24(23)30-18-31-27)6-7-20-4-2-12-28-16-20/h3,5,8-11,13-15,17-18,20,28H,2,4,12,16H2,1H3,(H,30,31,32). The third kappa shape index (κ3) is 5.08. The van der Waals surface area contributed by atoms with Crippen LogP contribution in [0.5, 0.6) is 17.2 Å². The maximum absolute atomic E-state index is 5.91. The van der Waals surface area contributed by atoms with Crippen molar-refractivity contribution in [3.63, 3.8) is 0 Å². The van der Waals surface area contributed by atoms with Crippen LogP contribution in [0.3, 0.4) is 0 Å². The zero-order valence-electron chi connectivity index (χ0n) is 18.9. The van der Waals surface area contributed by atoms with Gasteiger partial charge < -0.3 is 20.1 Å². The number of ether oxygens (including phenoxy) is 2. The van der Waals surface area contributed by atoms with Crippen molar-refractivity contribution in [1.82, 2.24) is 20.3 Å². The molecule has 34 heavy (non-hydrogen) atoms.